The van der Waals surface area contributed by atoms with Crippen molar-refractivity contribution in [1.82, 2.24) is 4.57 Å². The van der Waals surface area contributed by atoms with Gasteiger partial charge in [0.2, 0.25) is 0 Å². The normalized spacial score (nSPS) is 15.4. The summed E-state index contributed by atoms with van der Waals surface area (Å²) < 4.78 is 2.63. The van der Waals surface area contributed by atoms with Gasteiger partial charge in [-0.15, -0.1) is 0 Å². The van der Waals surface area contributed by atoms with Crippen LogP contribution in [0, 0.1) is 6.92 Å². The fraction of sp³-hybridized carbons (Fsp3) is 0.246. The Balaban J connectivity index is 1.15. The van der Waals surface area contributed by atoms with Crippen LogP contribution in [0.4, 0.5) is 28.4 Å². The molecule has 10 aromatic rings. The van der Waals surface area contributed by atoms with Gasteiger partial charge in [0.05, 0.1) is 11.0 Å². The van der Waals surface area contributed by atoms with E-state index in [9.17, 15) is 0 Å². The summed E-state index contributed by atoms with van der Waals surface area (Å²) in [5.74, 6) is 0. The minimum atomic E-state index is -0.119. The molecule has 0 unspecified atom stereocenters. The third-order valence-electron chi connectivity index (χ3n) is 17.2. The summed E-state index contributed by atoms with van der Waals surface area (Å²) in [4.78, 5) is 5.26. The molecule has 0 amide bonds. The molecule has 360 valence electrons. The van der Waals surface area contributed by atoms with Gasteiger partial charge in [-0.05, 0) is 168 Å². The number of para-hydroxylation sites is 1. The molecule has 3 heterocycles. The van der Waals surface area contributed by atoms with Gasteiger partial charge < -0.3 is 14.3 Å². The SMILES string of the molecule is Cc1cc2c(cc1N1B3c4c(cc(-c5ccccc5)cc4-n4c5ccc6ccccc6c5c5cccc3c54)-c3ccc(N(c4ccc(C(C)(C)C)cc4)c4ccc(C(C)(C)C)cc4)cc31)C(C)(C)CCC2(C)C. The van der Waals surface area contributed by atoms with E-state index in [1.807, 2.05) is 0 Å². The first kappa shape index (κ1) is 45.6. The highest BCUT2D eigenvalue weighted by atomic mass is 15.2. The molecular weight excluding hydrogens is 882 g/mol. The van der Waals surface area contributed by atoms with E-state index in [0.29, 0.717) is 0 Å². The molecule has 0 atom stereocenters. The van der Waals surface area contributed by atoms with Crippen LogP contribution in [0.15, 0.2) is 176 Å². The Kier molecular flexibility index (Phi) is 9.89. The maximum absolute atomic E-state index is 2.78. The van der Waals surface area contributed by atoms with E-state index in [-0.39, 0.29) is 28.5 Å². The second-order valence-electron chi connectivity index (χ2n) is 24.9. The minimum absolute atomic E-state index is 0.0245. The van der Waals surface area contributed by atoms with Crippen LogP contribution in [0.1, 0.15) is 110 Å². The van der Waals surface area contributed by atoms with Crippen LogP contribution in [0.3, 0.4) is 0 Å². The van der Waals surface area contributed by atoms with Crippen LogP contribution in [0.2, 0.25) is 0 Å². The Morgan fingerprint density at radius 3 is 1.75 bits per heavy atom. The topological polar surface area (TPSA) is 11.4 Å². The average molecular weight is 948 g/mol. The molecular formula is C69H66BN3. The van der Waals surface area contributed by atoms with Gasteiger partial charge in [-0.25, -0.2) is 0 Å². The quantitative estimate of drug-likeness (QED) is 0.159. The largest absolute Gasteiger partial charge is 0.376 e. The van der Waals surface area contributed by atoms with E-state index in [1.165, 1.54) is 117 Å². The molecule has 1 aliphatic carbocycles. The number of aromatic nitrogens is 1. The van der Waals surface area contributed by atoms with Gasteiger partial charge in [0, 0.05) is 50.5 Å². The maximum atomic E-state index is 2.78. The molecule has 73 heavy (non-hydrogen) atoms. The first-order valence-corrected chi connectivity index (χ1v) is 26.7. The summed E-state index contributed by atoms with van der Waals surface area (Å²) in [7, 11) is 0. The van der Waals surface area contributed by atoms with Crippen LogP contribution in [-0.4, -0.2) is 11.4 Å². The monoisotopic (exact) mass is 948 g/mol. The molecule has 0 N–H and O–H groups in total. The van der Waals surface area contributed by atoms with E-state index in [0.717, 1.165) is 23.5 Å². The fourth-order valence-corrected chi connectivity index (χ4v) is 13.0. The zero-order chi connectivity index (χ0) is 50.5. The van der Waals surface area contributed by atoms with Gasteiger partial charge >= 0.3 is 6.85 Å². The second kappa shape index (κ2) is 15.9. The van der Waals surface area contributed by atoms with E-state index < -0.39 is 0 Å². The average Bonchev–Trinajstić information content (AvgIpc) is 3.74. The van der Waals surface area contributed by atoms with Gasteiger partial charge in [-0.3, -0.25) is 0 Å². The molecule has 4 heteroatoms. The first-order chi connectivity index (χ1) is 34.9. The van der Waals surface area contributed by atoms with E-state index in [2.05, 4.69) is 266 Å². The molecule has 2 aliphatic heterocycles. The standard InChI is InChI=1S/C69H66BN3/c1-43-38-56-57(69(10,11)37-36-68(56,8)9)42-60(43)73-61-41-51(71(49-29-25-47(26-30-49)66(2,3)4)50-31-27-48(28-32-50)67(5,6)7)33-34-53(61)55-39-46(44-18-13-12-14-19-44)40-62-64(55)70(73)58-23-17-22-54-63-52-21-16-15-20-45(52)24-35-59(63)72(62)65(54)58/h12-35,38-42H,36-37H2,1-11H3. The van der Waals surface area contributed by atoms with Gasteiger partial charge in [0.15, 0.2) is 0 Å². The third kappa shape index (κ3) is 7.00. The lowest BCUT2D eigenvalue weighted by Crippen LogP contribution is -2.60. The predicted octanol–water partition coefficient (Wildman–Crippen LogP) is 17.6. The van der Waals surface area contributed by atoms with Crippen LogP contribution in [-0.2, 0) is 21.7 Å². The number of fused-ring (bicyclic) bond motifs is 10. The molecule has 0 fully saturated rings. The Labute approximate surface area is 433 Å². The van der Waals surface area contributed by atoms with Crippen molar-refractivity contribution in [3.05, 3.63) is 204 Å². The minimum Gasteiger partial charge on any atom is -0.376 e. The number of benzene rings is 9. The zero-order valence-electron chi connectivity index (χ0n) is 44.6. The third-order valence-corrected chi connectivity index (χ3v) is 17.2. The highest BCUT2D eigenvalue weighted by Gasteiger charge is 2.46. The summed E-state index contributed by atoms with van der Waals surface area (Å²) >= 11 is 0. The van der Waals surface area contributed by atoms with Crippen molar-refractivity contribution in [3.8, 4) is 27.9 Å². The Morgan fingerprint density at radius 1 is 0.493 bits per heavy atom. The van der Waals surface area contributed by atoms with Gasteiger partial charge in [-0.1, -0.05) is 184 Å². The molecule has 3 aliphatic rings. The Hall–Kier alpha value is -7.30. The van der Waals surface area contributed by atoms with E-state index in [1.54, 1.807) is 0 Å². The molecule has 0 saturated carbocycles. The fourth-order valence-electron chi connectivity index (χ4n) is 13.0. The number of rotatable bonds is 5. The van der Waals surface area contributed by atoms with Crippen LogP contribution in [0.25, 0.3) is 60.5 Å². The number of hydrogen-bond acceptors (Lipinski definition) is 2. The molecule has 3 nitrogen and oxygen atoms in total. The van der Waals surface area contributed by atoms with Gasteiger partial charge in [-0.2, -0.15) is 0 Å². The van der Waals surface area contributed by atoms with Crippen molar-refractivity contribution in [3.63, 3.8) is 0 Å². The number of aryl methyl sites for hydroxylation is 1. The first-order valence-electron chi connectivity index (χ1n) is 26.7. The molecule has 13 rings (SSSR count). The molecule has 0 bridgehead atoms. The van der Waals surface area contributed by atoms with E-state index >= 15 is 0 Å². The zero-order valence-corrected chi connectivity index (χ0v) is 44.6. The number of nitrogens with zero attached hydrogens (tertiary/aromatic N) is 3. The number of hydrogen-bond donors (Lipinski definition) is 0. The van der Waals surface area contributed by atoms with Gasteiger partial charge in [0.1, 0.15) is 0 Å². The summed E-state index contributed by atoms with van der Waals surface area (Å²) in [6.45, 7) is 25.9. The lowest BCUT2D eigenvalue weighted by molar-refractivity contribution is 0.332. The highest BCUT2D eigenvalue weighted by molar-refractivity contribution is 6.93. The second-order valence-corrected chi connectivity index (χ2v) is 24.9. The summed E-state index contributed by atoms with van der Waals surface area (Å²) in [6.07, 6.45) is 2.33. The van der Waals surface area contributed by atoms with Crippen LogP contribution < -0.4 is 20.6 Å². The molecule has 9 aromatic carbocycles. The van der Waals surface area contributed by atoms with Crippen molar-refractivity contribution in [2.75, 3.05) is 9.71 Å². The highest BCUT2D eigenvalue weighted by Crippen LogP contribution is 2.53. The molecule has 0 spiro atoms. The summed E-state index contributed by atoms with van der Waals surface area (Å²) in [5.41, 5.74) is 24.5. The van der Waals surface area contributed by atoms with Crippen molar-refractivity contribution >= 4 is 78.8 Å². The lowest BCUT2D eigenvalue weighted by atomic mass is 9.43. The van der Waals surface area contributed by atoms with E-state index in [4.69, 9.17) is 0 Å². The molecule has 0 saturated heterocycles. The van der Waals surface area contributed by atoms with Gasteiger partial charge in [0.25, 0.3) is 0 Å². The van der Waals surface area contributed by atoms with Crippen LogP contribution in [0.5, 0.6) is 0 Å². The lowest BCUT2D eigenvalue weighted by Gasteiger charge is -2.46. The van der Waals surface area contributed by atoms with Crippen molar-refractivity contribution in [1.29, 1.82) is 0 Å². The Morgan fingerprint density at radius 2 is 1.10 bits per heavy atom. The number of anilines is 5. The maximum Gasteiger partial charge on any atom is 0.333 e. The predicted molar refractivity (Wildman–Crippen MR) is 315 cm³/mol. The summed E-state index contributed by atoms with van der Waals surface area (Å²) in [6, 6.07) is 67.9. The summed E-state index contributed by atoms with van der Waals surface area (Å²) in [5, 5.41) is 5.18. The Bertz CT molecular complexity index is 3820. The molecule has 0 radical (unpaired) electrons. The smallest absolute Gasteiger partial charge is 0.333 e. The van der Waals surface area contributed by atoms with Crippen LogP contribution >= 0.6 is 0 Å². The van der Waals surface area contributed by atoms with Crippen molar-refractivity contribution in [2.45, 2.75) is 111 Å². The molecule has 1 aromatic heterocycles. The van der Waals surface area contributed by atoms with Crippen molar-refractivity contribution in [2.24, 2.45) is 0 Å². The van der Waals surface area contributed by atoms with Crippen molar-refractivity contribution < 1.29 is 0 Å².